The minimum Gasteiger partial charge on any atom is -0.506 e. The molecule has 1 fully saturated rings. The fourth-order valence-corrected chi connectivity index (χ4v) is 4.40. The number of rotatable bonds is 3. The van der Waals surface area contributed by atoms with Crippen molar-refractivity contribution in [2.75, 3.05) is 25.5 Å². The number of nitrogens with zero attached hydrogens (tertiary/aromatic N) is 4. The molecule has 1 aliphatic heterocycles. The predicted molar refractivity (Wildman–Crippen MR) is 102 cm³/mol. The van der Waals surface area contributed by atoms with E-state index in [2.05, 4.69) is 20.3 Å². The van der Waals surface area contributed by atoms with Crippen LogP contribution in [0.15, 0.2) is 18.3 Å². The highest BCUT2D eigenvalue weighted by Gasteiger charge is 2.28. The van der Waals surface area contributed by atoms with E-state index in [-0.39, 0.29) is 11.8 Å². The average molecular weight is 375 g/mol. The zero-order valence-electron chi connectivity index (χ0n) is 15.0. The largest absolute Gasteiger partial charge is 0.506 e. The standard InChI is InChI=1S/C18H22FN5OS/c1-10-6-11(2)16(14(25)7-10)24-9-15-17(22-24)21-18(26-15)20-13-8-23(3)5-4-12(13)19/h6-7,9,12-13,25H,4-5,8H2,1-3H3,(H,20,21,22)/t12?,13-/m0/s1. The highest BCUT2D eigenvalue weighted by atomic mass is 32.1. The van der Waals surface area contributed by atoms with Crippen LogP contribution in [0.4, 0.5) is 9.52 Å². The molecule has 0 amide bonds. The molecule has 26 heavy (non-hydrogen) atoms. The van der Waals surface area contributed by atoms with E-state index in [1.807, 2.05) is 33.2 Å². The molecule has 0 radical (unpaired) electrons. The Kier molecular flexibility index (Phi) is 4.32. The SMILES string of the molecule is Cc1cc(C)c(-n2cc3sc(N[C@H]4CN(C)CCC4F)nc3n2)c(O)c1. The molecule has 1 aliphatic rings. The van der Waals surface area contributed by atoms with Gasteiger partial charge in [0.2, 0.25) is 0 Å². The zero-order chi connectivity index (χ0) is 18.4. The third-order valence-electron chi connectivity index (χ3n) is 4.77. The van der Waals surface area contributed by atoms with Gasteiger partial charge in [-0.3, -0.25) is 0 Å². The van der Waals surface area contributed by atoms with Crippen LogP contribution in [0.2, 0.25) is 0 Å². The topological polar surface area (TPSA) is 66.2 Å². The van der Waals surface area contributed by atoms with Crippen molar-refractivity contribution in [1.29, 1.82) is 0 Å². The summed E-state index contributed by atoms with van der Waals surface area (Å²) in [5.41, 5.74) is 3.20. The summed E-state index contributed by atoms with van der Waals surface area (Å²) < 4.78 is 16.7. The molecular formula is C18H22FN5OS. The molecule has 0 spiro atoms. The molecule has 0 bridgehead atoms. The van der Waals surface area contributed by atoms with Gasteiger partial charge in [-0.15, -0.1) is 5.10 Å². The second kappa shape index (κ2) is 6.51. The van der Waals surface area contributed by atoms with Crippen LogP contribution in [0.3, 0.4) is 0 Å². The van der Waals surface area contributed by atoms with Crippen molar-refractivity contribution in [2.45, 2.75) is 32.5 Å². The molecule has 0 aliphatic carbocycles. The summed E-state index contributed by atoms with van der Waals surface area (Å²) in [6.07, 6.45) is 1.53. The molecule has 4 rings (SSSR count). The van der Waals surface area contributed by atoms with Crippen LogP contribution in [-0.2, 0) is 0 Å². The van der Waals surface area contributed by atoms with Crippen LogP contribution in [0.25, 0.3) is 16.0 Å². The van der Waals surface area contributed by atoms with Crippen molar-refractivity contribution in [2.24, 2.45) is 0 Å². The van der Waals surface area contributed by atoms with E-state index in [0.29, 0.717) is 29.4 Å². The number of likely N-dealkylation sites (tertiary alicyclic amines) is 1. The maximum atomic E-state index is 14.1. The van der Waals surface area contributed by atoms with E-state index in [1.54, 1.807) is 10.7 Å². The number of anilines is 1. The van der Waals surface area contributed by atoms with Gasteiger partial charge in [0.25, 0.3) is 0 Å². The van der Waals surface area contributed by atoms with E-state index < -0.39 is 6.17 Å². The van der Waals surface area contributed by atoms with Crippen molar-refractivity contribution in [3.8, 4) is 11.4 Å². The smallest absolute Gasteiger partial charge is 0.194 e. The molecule has 1 saturated heterocycles. The number of thiazole rings is 1. The van der Waals surface area contributed by atoms with Gasteiger partial charge in [0.05, 0.1) is 16.9 Å². The number of aromatic nitrogens is 3. The van der Waals surface area contributed by atoms with Gasteiger partial charge in [-0.05, 0) is 44.5 Å². The molecule has 2 atom stereocenters. The number of hydrogen-bond donors (Lipinski definition) is 2. The Balaban J connectivity index is 1.60. The Labute approximate surface area is 155 Å². The molecular weight excluding hydrogens is 353 g/mol. The lowest BCUT2D eigenvalue weighted by molar-refractivity contribution is 0.158. The van der Waals surface area contributed by atoms with Crippen molar-refractivity contribution in [3.63, 3.8) is 0 Å². The van der Waals surface area contributed by atoms with Gasteiger partial charge in [-0.2, -0.15) is 4.98 Å². The number of benzene rings is 1. The Morgan fingerprint density at radius 1 is 1.35 bits per heavy atom. The molecule has 8 heteroatoms. The molecule has 3 aromatic rings. The van der Waals surface area contributed by atoms with Gasteiger partial charge in [0.15, 0.2) is 10.8 Å². The summed E-state index contributed by atoms with van der Waals surface area (Å²) in [6.45, 7) is 5.33. The summed E-state index contributed by atoms with van der Waals surface area (Å²) in [5, 5.41) is 18.7. The number of halogens is 1. The molecule has 6 nitrogen and oxygen atoms in total. The predicted octanol–water partition coefficient (Wildman–Crippen LogP) is 3.26. The fourth-order valence-electron chi connectivity index (χ4n) is 3.51. The number of aromatic hydroxyl groups is 1. The molecule has 3 heterocycles. The lowest BCUT2D eigenvalue weighted by Crippen LogP contribution is -2.47. The van der Waals surface area contributed by atoms with Crippen molar-refractivity contribution in [1.82, 2.24) is 19.7 Å². The summed E-state index contributed by atoms with van der Waals surface area (Å²) in [4.78, 5) is 6.62. The first-order chi connectivity index (χ1) is 12.4. The highest BCUT2D eigenvalue weighted by molar-refractivity contribution is 7.22. The van der Waals surface area contributed by atoms with Gasteiger partial charge < -0.3 is 15.3 Å². The second-order valence-electron chi connectivity index (χ2n) is 7.05. The number of likely N-dealkylation sites (N-methyl/N-ethyl adjacent to an activating group) is 1. The Morgan fingerprint density at radius 3 is 2.88 bits per heavy atom. The lowest BCUT2D eigenvalue weighted by Gasteiger charge is -2.32. The second-order valence-corrected chi connectivity index (χ2v) is 8.08. The van der Waals surface area contributed by atoms with Gasteiger partial charge in [0.1, 0.15) is 17.6 Å². The van der Waals surface area contributed by atoms with Crippen molar-refractivity contribution >= 4 is 26.8 Å². The van der Waals surface area contributed by atoms with Crippen LogP contribution in [0, 0.1) is 13.8 Å². The minimum atomic E-state index is -0.866. The van der Waals surface area contributed by atoms with E-state index in [1.165, 1.54) is 11.3 Å². The van der Waals surface area contributed by atoms with E-state index in [4.69, 9.17) is 0 Å². The maximum Gasteiger partial charge on any atom is 0.194 e. The highest BCUT2D eigenvalue weighted by Crippen LogP contribution is 2.31. The number of aryl methyl sites for hydroxylation is 2. The van der Waals surface area contributed by atoms with E-state index >= 15 is 0 Å². The third kappa shape index (κ3) is 3.14. The Bertz CT molecular complexity index is 898. The van der Waals surface area contributed by atoms with Crippen LogP contribution >= 0.6 is 11.3 Å². The molecule has 2 aromatic heterocycles. The normalized spacial score (nSPS) is 21.4. The summed E-state index contributed by atoms with van der Waals surface area (Å²) >= 11 is 1.45. The van der Waals surface area contributed by atoms with Crippen LogP contribution in [0.1, 0.15) is 17.5 Å². The Morgan fingerprint density at radius 2 is 2.15 bits per heavy atom. The summed E-state index contributed by atoms with van der Waals surface area (Å²) in [5.74, 6) is 0.196. The molecule has 1 unspecified atom stereocenters. The first kappa shape index (κ1) is 17.2. The van der Waals surface area contributed by atoms with Crippen LogP contribution < -0.4 is 5.32 Å². The van der Waals surface area contributed by atoms with E-state index in [9.17, 15) is 9.50 Å². The third-order valence-corrected chi connectivity index (χ3v) is 5.68. The molecule has 1 aromatic carbocycles. The number of phenols is 1. The van der Waals surface area contributed by atoms with Gasteiger partial charge in [-0.25, -0.2) is 9.07 Å². The summed E-state index contributed by atoms with van der Waals surface area (Å²) in [7, 11) is 2.00. The minimum absolute atomic E-state index is 0.196. The van der Waals surface area contributed by atoms with Crippen LogP contribution in [-0.4, -0.2) is 57.1 Å². The van der Waals surface area contributed by atoms with Gasteiger partial charge in [0, 0.05) is 13.1 Å². The number of piperidine rings is 1. The molecule has 138 valence electrons. The molecule has 2 N–H and O–H groups in total. The van der Waals surface area contributed by atoms with Gasteiger partial charge in [-0.1, -0.05) is 17.4 Å². The maximum absolute atomic E-state index is 14.1. The monoisotopic (exact) mass is 375 g/mol. The lowest BCUT2D eigenvalue weighted by atomic mass is 10.0. The van der Waals surface area contributed by atoms with E-state index in [0.717, 1.165) is 22.4 Å². The fraction of sp³-hybridized carbons (Fsp3) is 0.444. The zero-order valence-corrected chi connectivity index (χ0v) is 15.8. The first-order valence-electron chi connectivity index (χ1n) is 8.66. The number of fused-ring (bicyclic) bond motifs is 1. The average Bonchev–Trinajstić information content (AvgIpc) is 3.08. The number of hydrogen-bond acceptors (Lipinski definition) is 6. The van der Waals surface area contributed by atoms with Gasteiger partial charge >= 0.3 is 0 Å². The number of alkyl halides is 1. The van der Waals surface area contributed by atoms with Crippen LogP contribution in [0.5, 0.6) is 5.75 Å². The number of nitrogens with one attached hydrogen (secondary N) is 1. The first-order valence-corrected chi connectivity index (χ1v) is 9.48. The summed E-state index contributed by atoms with van der Waals surface area (Å²) in [6, 6.07) is 3.48. The van der Waals surface area contributed by atoms with Crippen molar-refractivity contribution in [3.05, 3.63) is 29.5 Å². The number of phenolic OH excluding ortho intramolecular Hbond substituents is 1. The quantitative estimate of drug-likeness (QED) is 0.736. The Hall–Kier alpha value is -2.19. The molecule has 0 saturated carbocycles. The van der Waals surface area contributed by atoms with Crippen molar-refractivity contribution < 1.29 is 9.50 Å².